The highest BCUT2D eigenvalue weighted by atomic mass is 35.5. The number of nitro groups is 1. The number of nitrogens with one attached hydrogen (secondary N) is 1. The summed E-state index contributed by atoms with van der Waals surface area (Å²) in [6.45, 7) is 4.98. The van der Waals surface area contributed by atoms with Crippen molar-refractivity contribution in [1.29, 1.82) is 0 Å². The molecule has 0 radical (unpaired) electrons. The maximum Gasteiger partial charge on any atom is 0.329 e. The number of nitrogens with zero attached hydrogens (tertiary/aromatic N) is 3. The summed E-state index contributed by atoms with van der Waals surface area (Å²) in [5.74, 6) is 0.859. The van der Waals surface area contributed by atoms with E-state index in [1.165, 1.54) is 0 Å². The predicted molar refractivity (Wildman–Crippen MR) is 70.9 cm³/mol. The summed E-state index contributed by atoms with van der Waals surface area (Å²) in [5.41, 5.74) is -0.150. The van der Waals surface area contributed by atoms with Crippen LogP contribution in [0.5, 0.6) is 0 Å². The van der Waals surface area contributed by atoms with Crippen LogP contribution in [0, 0.1) is 16.0 Å². The minimum Gasteiger partial charge on any atom is -0.364 e. The van der Waals surface area contributed by atoms with Gasteiger partial charge in [-0.2, -0.15) is 4.98 Å². The first-order chi connectivity index (χ1) is 8.50. The maximum atomic E-state index is 10.8. The average molecular weight is 273 g/mol. The van der Waals surface area contributed by atoms with E-state index in [0.717, 1.165) is 25.5 Å². The van der Waals surface area contributed by atoms with Crippen LogP contribution in [0.2, 0.25) is 5.28 Å². The lowest BCUT2D eigenvalue weighted by atomic mass is 10.1. The zero-order valence-electron chi connectivity index (χ0n) is 10.5. The molecular formula is C11H17ClN4O2. The molecule has 1 N–H and O–H groups in total. The van der Waals surface area contributed by atoms with Crippen LogP contribution in [0.1, 0.15) is 33.1 Å². The fourth-order valence-corrected chi connectivity index (χ4v) is 1.64. The lowest BCUT2D eigenvalue weighted by molar-refractivity contribution is -0.384. The molecule has 0 saturated carbocycles. The largest absolute Gasteiger partial charge is 0.364 e. The van der Waals surface area contributed by atoms with E-state index in [0.29, 0.717) is 12.5 Å². The van der Waals surface area contributed by atoms with Crippen molar-refractivity contribution in [3.8, 4) is 0 Å². The molecular weight excluding hydrogens is 256 g/mol. The Morgan fingerprint density at radius 1 is 1.50 bits per heavy atom. The van der Waals surface area contributed by atoms with Crippen LogP contribution >= 0.6 is 11.6 Å². The zero-order valence-corrected chi connectivity index (χ0v) is 11.3. The number of halogens is 1. The number of unbranched alkanes of at least 4 members (excludes halogenated alkanes) is 1. The van der Waals surface area contributed by atoms with E-state index in [4.69, 9.17) is 11.6 Å². The first-order valence-corrected chi connectivity index (χ1v) is 6.29. The molecule has 18 heavy (non-hydrogen) atoms. The minimum atomic E-state index is -0.521. The molecule has 7 heteroatoms. The summed E-state index contributed by atoms with van der Waals surface area (Å²) < 4.78 is 0. The molecule has 1 aromatic rings. The monoisotopic (exact) mass is 272 g/mol. The first kappa shape index (κ1) is 14.6. The highest BCUT2D eigenvalue weighted by Gasteiger charge is 2.16. The van der Waals surface area contributed by atoms with E-state index in [-0.39, 0.29) is 16.8 Å². The van der Waals surface area contributed by atoms with Gasteiger partial charge in [0.1, 0.15) is 6.20 Å². The van der Waals surface area contributed by atoms with Gasteiger partial charge in [-0.15, -0.1) is 0 Å². The molecule has 0 atom stereocenters. The number of rotatable bonds is 7. The Balaban J connectivity index is 2.50. The molecule has 0 aliphatic rings. The Bertz CT molecular complexity index is 412. The van der Waals surface area contributed by atoms with Gasteiger partial charge < -0.3 is 5.32 Å². The summed E-state index contributed by atoms with van der Waals surface area (Å²) in [5, 5.41) is 13.7. The molecule has 0 spiro atoms. The molecule has 1 rings (SSSR count). The minimum absolute atomic E-state index is 0.00489. The second-order valence-electron chi connectivity index (χ2n) is 4.45. The third kappa shape index (κ3) is 4.83. The highest BCUT2D eigenvalue weighted by molar-refractivity contribution is 6.28. The second-order valence-corrected chi connectivity index (χ2v) is 4.78. The lowest BCUT2D eigenvalue weighted by Crippen LogP contribution is -2.07. The Hall–Kier alpha value is -1.43. The maximum absolute atomic E-state index is 10.8. The van der Waals surface area contributed by atoms with Crippen molar-refractivity contribution in [2.75, 3.05) is 11.9 Å². The Labute approximate surface area is 111 Å². The number of aromatic nitrogens is 2. The van der Waals surface area contributed by atoms with Gasteiger partial charge in [-0.1, -0.05) is 26.7 Å². The van der Waals surface area contributed by atoms with E-state index in [9.17, 15) is 10.1 Å². The summed E-state index contributed by atoms with van der Waals surface area (Å²) in [6, 6.07) is 0. The highest BCUT2D eigenvalue weighted by Crippen LogP contribution is 2.21. The van der Waals surface area contributed by atoms with Crippen LogP contribution < -0.4 is 5.32 Å². The van der Waals surface area contributed by atoms with Crippen molar-refractivity contribution >= 4 is 23.1 Å². The van der Waals surface area contributed by atoms with Gasteiger partial charge in [0.05, 0.1) is 4.92 Å². The molecule has 0 amide bonds. The van der Waals surface area contributed by atoms with Crippen LogP contribution in [-0.4, -0.2) is 21.4 Å². The molecule has 0 saturated heterocycles. The molecule has 0 aliphatic carbocycles. The molecule has 0 fully saturated rings. The molecule has 1 aromatic heterocycles. The van der Waals surface area contributed by atoms with Gasteiger partial charge in [-0.05, 0) is 23.9 Å². The summed E-state index contributed by atoms with van der Waals surface area (Å²) in [4.78, 5) is 17.7. The second kappa shape index (κ2) is 7.10. The molecule has 0 bridgehead atoms. The molecule has 100 valence electrons. The number of hydrogen-bond acceptors (Lipinski definition) is 5. The smallest absolute Gasteiger partial charge is 0.329 e. The third-order valence-electron chi connectivity index (χ3n) is 2.44. The number of anilines is 1. The topological polar surface area (TPSA) is 81.0 Å². The standard InChI is InChI=1S/C11H17ClN4O2/c1-8(2)5-3-4-6-13-10-9(16(17)18)7-14-11(12)15-10/h7-8H,3-6H2,1-2H3,(H,13,14,15). The fraction of sp³-hybridized carbons (Fsp3) is 0.636. The van der Waals surface area contributed by atoms with Crippen molar-refractivity contribution in [3.63, 3.8) is 0 Å². The Morgan fingerprint density at radius 2 is 2.22 bits per heavy atom. The Kier molecular flexibility index (Phi) is 5.77. The molecule has 0 aromatic carbocycles. The molecule has 1 heterocycles. The molecule has 0 unspecified atom stereocenters. The van der Waals surface area contributed by atoms with Gasteiger partial charge in [0.25, 0.3) is 0 Å². The van der Waals surface area contributed by atoms with E-state index in [2.05, 4.69) is 29.1 Å². The van der Waals surface area contributed by atoms with Gasteiger partial charge in [-0.3, -0.25) is 10.1 Å². The summed E-state index contributed by atoms with van der Waals surface area (Å²) in [6.07, 6.45) is 4.29. The lowest BCUT2D eigenvalue weighted by Gasteiger charge is -2.07. The normalized spacial score (nSPS) is 10.7. The van der Waals surface area contributed by atoms with Gasteiger partial charge in [0.2, 0.25) is 11.1 Å². The average Bonchev–Trinajstić information content (AvgIpc) is 2.27. The summed E-state index contributed by atoms with van der Waals surface area (Å²) in [7, 11) is 0. The van der Waals surface area contributed by atoms with E-state index < -0.39 is 4.92 Å². The van der Waals surface area contributed by atoms with Gasteiger partial charge in [0, 0.05) is 6.54 Å². The van der Waals surface area contributed by atoms with Crippen LogP contribution in [0.15, 0.2) is 6.20 Å². The van der Waals surface area contributed by atoms with Crippen LogP contribution in [0.3, 0.4) is 0 Å². The quantitative estimate of drug-likeness (QED) is 0.356. The first-order valence-electron chi connectivity index (χ1n) is 5.91. The number of hydrogen-bond donors (Lipinski definition) is 1. The van der Waals surface area contributed by atoms with Crippen LogP contribution in [-0.2, 0) is 0 Å². The van der Waals surface area contributed by atoms with Gasteiger partial charge in [0.15, 0.2) is 0 Å². The zero-order chi connectivity index (χ0) is 13.5. The van der Waals surface area contributed by atoms with Crippen molar-refractivity contribution in [2.24, 2.45) is 5.92 Å². The van der Waals surface area contributed by atoms with E-state index in [1.54, 1.807) is 0 Å². The van der Waals surface area contributed by atoms with Gasteiger partial charge in [-0.25, -0.2) is 4.98 Å². The van der Waals surface area contributed by atoms with Crippen molar-refractivity contribution < 1.29 is 4.92 Å². The van der Waals surface area contributed by atoms with Gasteiger partial charge >= 0.3 is 5.69 Å². The van der Waals surface area contributed by atoms with Crippen molar-refractivity contribution in [3.05, 3.63) is 21.6 Å². The molecule has 0 aliphatic heterocycles. The van der Waals surface area contributed by atoms with Crippen LogP contribution in [0.4, 0.5) is 11.5 Å². The SMILES string of the molecule is CC(C)CCCCNc1nc(Cl)ncc1[N+](=O)[O-]. The fourth-order valence-electron chi connectivity index (χ4n) is 1.50. The van der Waals surface area contributed by atoms with Crippen molar-refractivity contribution in [2.45, 2.75) is 33.1 Å². The predicted octanol–water partition coefficient (Wildman–Crippen LogP) is 3.28. The Morgan fingerprint density at radius 3 is 2.83 bits per heavy atom. The van der Waals surface area contributed by atoms with Crippen molar-refractivity contribution in [1.82, 2.24) is 9.97 Å². The van der Waals surface area contributed by atoms with E-state index in [1.807, 2.05) is 0 Å². The summed E-state index contributed by atoms with van der Waals surface area (Å²) >= 11 is 5.62. The van der Waals surface area contributed by atoms with E-state index >= 15 is 0 Å². The molecule has 6 nitrogen and oxygen atoms in total. The third-order valence-corrected chi connectivity index (χ3v) is 2.62. The van der Waals surface area contributed by atoms with Crippen LogP contribution in [0.25, 0.3) is 0 Å².